The van der Waals surface area contributed by atoms with Crippen LogP contribution in [0.15, 0.2) is 24.5 Å². The minimum absolute atomic E-state index is 0.187. The summed E-state index contributed by atoms with van der Waals surface area (Å²) in [6.45, 7) is 5.33. The lowest BCUT2D eigenvalue weighted by Crippen LogP contribution is -2.40. The molecule has 1 aliphatic rings. The second-order valence-corrected chi connectivity index (χ2v) is 6.16. The Morgan fingerprint density at radius 2 is 2.38 bits per heavy atom. The molecular formula is C18H19N5O. The molecule has 0 bridgehead atoms. The van der Waals surface area contributed by atoms with Gasteiger partial charge in [-0.15, -0.1) is 0 Å². The van der Waals surface area contributed by atoms with Gasteiger partial charge in [0, 0.05) is 18.1 Å². The molecule has 0 spiro atoms. The summed E-state index contributed by atoms with van der Waals surface area (Å²) in [4.78, 5) is 14.2. The lowest BCUT2D eigenvalue weighted by atomic mass is 10.1. The van der Waals surface area contributed by atoms with Crippen LogP contribution in [0.3, 0.4) is 0 Å². The maximum absolute atomic E-state index is 9.12. The van der Waals surface area contributed by atoms with Crippen LogP contribution in [-0.4, -0.2) is 45.6 Å². The lowest BCUT2D eigenvalue weighted by molar-refractivity contribution is 0.0932. The molecule has 4 rings (SSSR count). The summed E-state index contributed by atoms with van der Waals surface area (Å²) in [5, 5.41) is 11.0. The van der Waals surface area contributed by atoms with Crippen molar-refractivity contribution in [3.63, 3.8) is 0 Å². The number of aromatic nitrogens is 3. The smallest absolute Gasteiger partial charge is 0.142 e. The number of pyridine rings is 2. The van der Waals surface area contributed by atoms with Crippen molar-refractivity contribution < 1.29 is 4.74 Å². The second kappa shape index (κ2) is 6.10. The van der Waals surface area contributed by atoms with Crippen molar-refractivity contribution in [1.29, 1.82) is 5.26 Å². The number of ether oxygens (including phenoxy) is 1. The van der Waals surface area contributed by atoms with Crippen molar-refractivity contribution in [2.24, 2.45) is 0 Å². The van der Waals surface area contributed by atoms with Crippen molar-refractivity contribution in [2.45, 2.75) is 25.9 Å². The molecule has 0 aliphatic carbocycles. The summed E-state index contributed by atoms with van der Waals surface area (Å²) in [6.07, 6.45) is 5.84. The Kier molecular flexibility index (Phi) is 3.79. The third-order valence-corrected chi connectivity index (χ3v) is 4.66. The Hall–Kier alpha value is -2.65. The summed E-state index contributed by atoms with van der Waals surface area (Å²) in [7, 11) is 0. The number of likely N-dealkylation sites (N-methyl/N-ethyl adjacent to an activating group) is 1. The highest BCUT2D eigenvalue weighted by Crippen LogP contribution is 2.33. The molecular weight excluding hydrogens is 302 g/mol. The summed E-state index contributed by atoms with van der Waals surface area (Å²) in [5.74, 6) is 0.823. The van der Waals surface area contributed by atoms with Gasteiger partial charge in [0.2, 0.25) is 0 Å². The van der Waals surface area contributed by atoms with Crippen molar-refractivity contribution in [1.82, 2.24) is 19.9 Å². The number of hydrogen-bond acceptors (Lipinski definition) is 5. The minimum Gasteiger partial charge on any atom is -0.488 e. The third kappa shape index (κ3) is 2.57. The Bertz CT molecular complexity index is 926. The number of nitrogens with zero attached hydrogens (tertiary/aromatic N) is 4. The first-order chi connectivity index (χ1) is 11.8. The SMILES string of the molecule is CCN1CCC[C@@H](Oc2ccnc3[nH]c4cnc(C#N)cc4c23)C1. The highest BCUT2D eigenvalue weighted by atomic mass is 16.5. The van der Waals surface area contributed by atoms with Gasteiger partial charge in [0.1, 0.15) is 29.3 Å². The molecule has 0 radical (unpaired) electrons. The molecule has 0 saturated carbocycles. The van der Waals surface area contributed by atoms with Crippen LogP contribution in [0.2, 0.25) is 0 Å². The number of piperidine rings is 1. The number of nitriles is 1. The maximum Gasteiger partial charge on any atom is 0.142 e. The molecule has 6 nitrogen and oxygen atoms in total. The van der Waals surface area contributed by atoms with E-state index in [0.717, 1.165) is 60.2 Å². The van der Waals surface area contributed by atoms with E-state index in [2.05, 4.69) is 32.8 Å². The molecule has 1 fully saturated rings. The molecule has 24 heavy (non-hydrogen) atoms. The highest BCUT2D eigenvalue weighted by molar-refractivity contribution is 6.09. The quantitative estimate of drug-likeness (QED) is 0.802. The maximum atomic E-state index is 9.12. The summed E-state index contributed by atoms with van der Waals surface area (Å²) >= 11 is 0. The number of aromatic amines is 1. The van der Waals surface area contributed by atoms with Crippen molar-refractivity contribution in [2.75, 3.05) is 19.6 Å². The van der Waals surface area contributed by atoms with Gasteiger partial charge in [0.15, 0.2) is 0 Å². The molecule has 3 aromatic rings. The van der Waals surface area contributed by atoms with Gasteiger partial charge in [-0.2, -0.15) is 5.26 Å². The van der Waals surface area contributed by atoms with Crippen LogP contribution in [0.4, 0.5) is 0 Å². The topological polar surface area (TPSA) is 77.8 Å². The van der Waals surface area contributed by atoms with E-state index in [0.29, 0.717) is 5.69 Å². The number of nitrogens with one attached hydrogen (secondary N) is 1. The fourth-order valence-corrected chi connectivity index (χ4v) is 3.42. The molecule has 0 amide bonds. The van der Waals surface area contributed by atoms with Gasteiger partial charge < -0.3 is 9.72 Å². The van der Waals surface area contributed by atoms with Gasteiger partial charge in [0.25, 0.3) is 0 Å². The Morgan fingerprint density at radius 1 is 1.46 bits per heavy atom. The molecule has 6 heteroatoms. The highest BCUT2D eigenvalue weighted by Gasteiger charge is 2.22. The lowest BCUT2D eigenvalue weighted by Gasteiger charge is -2.32. The van der Waals surface area contributed by atoms with Gasteiger partial charge in [-0.1, -0.05) is 6.92 Å². The van der Waals surface area contributed by atoms with Crippen molar-refractivity contribution in [3.8, 4) is 11.8 Å². The van der Waals surface area contributed by atoms with E-state index in [9.17, 15) is 0 Å². The molecule has 0 aromatic carbocycles. The van der Waals surface area contributed by atoms with E-state index in [-0.39, 0.29) is 6.10 Å². The van der Waals surface area contributed by atoms with Crippen molar-refractivity contribution in [3.05, 3.63) is 30.2 Å². The zero-order valence-corrected chi connectivity index (χ0v) is 13.6. The van der Waals surface area contributed by atoms with Gasteiger partial charge in [-0.05, 0) is 38.1 Å². The number of rotatable bonds is 3. The monoisotopic (exact) mass is 321 g/mol. The normalized spacial score (nSPS) is 18.8. The largest absolute Gasteiger partial charge is 0.488 e. The Balaban J connectivity index is 1.76. The molecule has 4 heterocycles. The average Bonchev–Trinajstić information content (AvgIpc) is 3.00. The summed E-state index contributed by atoms with van der Waals surface area (Å²) in [5.41, 5.74) is 2.03. The molecule has 1 aliphatic heterocycles. The van der Waals surface area contributed by atoms with Crippen LogP contribution in [0.5, 0.6) is 5.75 Å². The first-order valence-corrected chi connectivity index (χ1v) is 8.34. The predicted octanol–water partition coefficient (Wildman–Crippen LogP) is 2.85. The van der Waals surface area contributed by atoms with E-state index in [1.165, 1.54) is 0 Å². The van der Waals surface area contributed by atoms with Crippen LogP contribution in [0.25, 0.3) is 21.9 Å². The zero-order valence-electron chi connectivity index (χ0n) is 13.6. The fourth-order valence-electron chi connectivity index (χ4n) is 3.42. The molecule has 1 saturated heterocycles. The third-order valence-electron chi connectivity index (χ3n) is 4.66. The summed E-state index contributed by atoms with van der Waals surface area (Å²) < 4.78 is 6.34. The van der Waals surface area contributed by atoms with E-state index in [1.807, 2.05) is 6.07 Å². The molecule has 122 valence electrons. The number of likely N-dealkylation sites (tertiary alicyclic amines) is 1. The predicted molar refractivity (Wildman–Crippen MR) is 91.9 cm³/mol. The van der Waals surface area contributed by atoms with Gasteiger partial charge in [0.05, 0.1) is 17.1 Å². The second-order valence-electron chi connectivity index (χ2n) is 6.16. The van der Waals surface area contributed by atoms with Crippen LogP contribution in [-0.2, 0) is 0 Å². The van der Waals surface area contributed by atoms with Crippen LogP contribution in [0.1, 0.15) is 25.5 Å². The van der Waals surface area contributed by atoms with E-state index < -0.39 is 0 Å². The molecule has 0 unspecified atom stereocenters. The van der Waals surface area contributed by atoms with Gasteiger partial charge in [-0.25, -0.2) is 9.97 Å². The molecule has 1 N–H and O–H groups in total. The molecule has 1 atom stereocenters. The number of fused-ring (bicyclic) bond motifs is 3. The van der Waals surface area contributed by atoms with Gasteiger partial charge in [-0.3, -0.25) is 4.90 Å². The fraction of sp³-hybridized carbons (Fsp3) is 0.389. The average molecular weight is 321 g/mol. The Morgan fingerprint density at radius 3 is 3.21 bits per heavy atom. The number of hydrogen-bond donors (Lipinski definition) is 1. The molecule has 3 aromatic heterocycles. The van der Waals surface area contributed by atoms with E-state index in [4.69, 9.17) is 10.00 Å². The Labute approximate surface area is 140 Å². The minimum atomic E-state index is 0.187. The van der Waals surface area contributed by atoms with E-state index >= 15 is 0 Å². The zero-order chi connectivity index (χ0) is 16.5. The first kappa shape index (κ1) is 14.9. The van der Waals surface area contributed by atoms with Crippen molar-refractivity contribution >= 4 is 21.9 Å². The van der Waals surface area contributed by atoms with Crippen LogP contribution < -0.4 is 4.74 Å². The van der Waals surface area contributed by atoms with Gasteiger partial charge >= 0.3 is 0 Å². The van der Waals surface area contributed by atoms with E-state index in [1.54, 1.807) is 18.5 Å². The standard InChI is InChI=1S/C18H19N5O/c1-2-23-7-3-4-13(11-23)24-16-5-6-20-18-17(16)14-8-12(9-19)21-10-15(14)22-18/h5-6,8,10,13H,2-4,7,11H2,1H3,(H,20,22)/t13-/m1/s1. The van der Waals surface area contributed by atoms with Crippen LogP contribution >= 0.6 is 0 Å². The summed E-state index contributed by atoms with van der Waals surface area (Å²) in [6, 6.07) is 5.80. The first-order valence-electron chi connectivity index (χ1n) is 8.34. The number of H-pyrrole nitrogens is 1. The van der Waals surface area contributed by atoms with Crippen LogP contribution in [0, 0.1) is 11.3 Å².